The Morgan fingerprint density at radius 3 is 2.47 bits per heavy atom. The third-order valence-electron chi connectivity index (χ3n) is 3.36. The Hall–Kier alpha value is -2.03. The van der Waals surface area contributed by atoms with Crippen LogP contribution in [0.5, 0.6) is 0 Å². The van der Waals surface area contributed by atoms with E-state index in [1.165, 1.54) is 0 Å². The van der Waals surface area contributed by atoms with Gasteiger partial charge in [0, 0.05) is 11.4 Å². The second-order valence-corrected chi connectivity index (χ2v) is 4.64. The van der Waals surface area contributed by atoms with Crippen LogP contribution in [0.25, 0.3) is 10.8 Å². The van der Waals surface area contributed by atoms with Crippen molar-refractivity contribution in [1.29, 1.82) is 0 Å². The highest BCUT2D eigenvalue weighted by atomic mass is 16.2. The van der Waals surface area contributed by atoms with Crippen LogP contribution in [-0.2, 0) is 0 Å². The number of hydrogen-bond donors (Lipinski definition) is 2. The van der Waals surface area contributed by atoms with Gasteiger partial charge in [-0.15, -0.1) is 0 Å². The Balaban J connectivity index is 2.15. The van der Waals surface area contributed by atoms with Crippen molar-refractivity contribution in [1.82, 2.24) is 5.32 Å². The van der Waals surface area contributed by atoms with E-state index in [9.17, 15) is 4.79 Å². The summed E-state index contributed by atoms with van der Waals surface area (Å²) in [7, 11) is 0. The third kappa shape index (κ3) is 3.25. The molecule has 19 heavy (non-hydrogen) atoms. The Morgan fingerprint density at radius 1 is 1.05 bits per heavy atom. The summed E-state index contributed by atoms with van der Waals surface area (Å²) in [5, 5.41) is 8.10. The van der Waals surface area contributed by atoms with Gasteiger partial charge >= 0.3 is 6.03 Å². The lowest BCUT2D eigenvalue weighted by Crippen LogP contribution is -2.37. The first-order chi connectivity index (χ1) is 9.24. The van der Waals surface area contributed by atoms with Crippen LogP contribution in [0, 0.1) is 0 Å². The van der Waals surface area contributed by atoms with Crippen LogP contribution < -0.4 is 10.6 Å². The van der Waals surface area contributed by atoms with Crippen LogP contribution in [0.3, 0.4) is 0 Å². The highest BCUT2D eigenvalue weighted by Crippen LogP contribution is 2.22. The lowest BCUT2D eigenvalue weighted by Gasteiger charge is -2.16. The molecule has 0 fully saturated rings. The van der Waals surface area contributed by atoms with Gasteiger partial charge in [-0.1, -0.05) is 50.2 Å². The molecule has 3 heteroatoms. The molecule has 3 nitrogen and oxygen atoms in total. The third-order valence-corrected chi connectivity index (χ3v) is 3.36. The SMILES string of the molecule is CCC(CC)NC(=O)Nc1cccc2ccccc12. The van der Waals surface area contributed by atoms with Crippen LogP contribution in [0.4, 0.5) is 10.5 Å². The van der Waals surface area contributed by atoms with Gasteiger partial charge in [-0.2, -0.15) is 0 Å². The summed E-state index contributed by atoms with van der Waals surface area (Å²) >= 11 is 0. The molecule has 0 atom stereocenters. The van der Waals surface area contributed by atoms with Crippen LogP contribution in [0.2, 0.25) is 0 Å². The molecule has 2 N–H and O–H groups in total. The molecule has 0 aliphatic rings. The minimum Gasteiger partial charge on any atom is -0.335 e. The zero-order valence-electron chi connectivity index (χ0n) is 11.4. The molecule has 2 amide bonds. The summed E-state index contributed by atoms with van der Waals surface area (Å²) in [6.07, 6.45) is 1.89. The molecular weight excluding hydrogens is 236 g/mol. The maximum absolute atomic E-state index is 12.0. The standard InChI is InChI=1S/C16H20N2O/c1-3-13(4-2)17-16(19)18-15-11-7-9-12-8-5-6-10-14(12)15/h5-11,13H,3-4H2,1-2H3,(H2,17,18,19). The van der Waals surface area contributed by atoms with Crippen molar-refractivity contribution in [2.75, 3.05) is 5.32 Å². The van der Waals surface area contributed by atoms with E-state index in [-0.39, 0.29) is 12.1 Å². The Kier molecular flexibility index (Phi) is 4.39. The smallest absolute Gasteiger partial charge is 0.319 e. The molecule has 2 aromatic rings. The quantitative estimate of drug-likeness (QED) is 0.847. The van der Waals surface area contributed by atoms with Crippen LogP contribution in [0.1, 0.15) is 26.7 Å². The average Bonchev–Trinajstić information content (AvgIpc) is 2.45. The van der Waals surface area contributed by atoms with E-state index in [0.717, 1.165) is 29.3 Å². The maximum Gasteiger partial charge on any atom is 0.319 e. The van der Waals surface area contributed by atoms with Crippen molar-refractivity contribution in [3.05, 3.63) is 42.5 Å². The van der Waals surface area contributed by atoms with Crippen molar-refractivity contribution in [3.8, 4) is 0 Å². The molecular formula is C16H20N2O. The number of fused-ring (bicyclic) bond motifs is 1. The van der Waals surface area contributed by atoms with Gasteiger partial charge in [0.1, 0.15) is 0 Å². The monoisotopic (exact) mass is 256 g/mol. The summed E-state index contributed by atoms with van der Waals surface area (Å²) in [4.78, 5) is 12.0. The lowest BCUT2D eigenvalue weighted by molar-refractivity contribution is 0.247. The first-order valence-electron chi connectivity index (χ1n) is 6.79. The normalized spacial score (nSPS) is 10.7. The lowest BCUT2D eigenvalue weighted by atomic mass is 10.1. The number of carbonyl (C=O) groups excluding carboxylic acids is 1. The van der Waals surface area contributed by atoms with Gasteiger partial charge in [-0.3, -0.25) is 0 Å². The van der Waals surface area contributed by atoms with Gasteiger partial charge < -0.3 is 10.6 Å². The summed E-state index contributed by atoms with van der Waals surface area (Å²) in [5.74, 6) is 0. The average molecular weight is 256 g/mol. The summed E-state index contributed by atoms with van der Waals surface area (Å²) in [6, 6.07) is 14.0. The number of anilines is 1. The van der Waals surface area contributed by atoms with Crippen LogP contribution in [-0.4, -0.2) is 12.1 Å². The van der Waals surface area contributed by atoms with E-state index in [1.54, 1.807) is 0 Å². The number of benzene rings is 2. The minimum atomic E-state index is -0.134. The van der Waals surface area contributed by atoms with E-state index < -0.39 is 0 Å². The predicted molar refractivity (Wildman–Crippen MR) is 80.5 cm³/mol. The van der Waals surface area contributed by atoms with Gasteiger partial charge in [0.05, 0.1) is 5.69 Å². The van der Waals surface area contributed by atoms with E-state index in [0.29, 0.717) is 0 Å². The Morgan fingerprint density at radius 2 is 1.74 bits per heavy atom. The van der Waals surface area contributed by atoms with E-state index in [4.69, 9.17) is 0 Å². The number of carbonyl (C=O) groups is 1. The van der Waals surface area contributed by atoms with Crippen molar-refractivity contribution in [2.45, 2.75) is 32.7 Å². The number of rotatable bonds is 4. The molecule has 0 spiro atoms. The highest BCUT2D eigenvalue weighted by molar-refractivity contribution is 6.01. The van der Waals surface area contributed by atoms with Gasteiger partial charge in [-0.05, 0) is 24.3 Å². The highest BCUT2D eigenvalue weighted by Gasteiger charge is 2.09. The second-order valence-electron chi connectivity index (χ2n) is 4.64. The fourth-order valence-corrected chi connectivity index (χ4v) is 2.17. The van der Waals surface area contributed by atoms with Crippen molar-refractivity contribution in [3.63, 3.8) is 0 Å². The first-order valence-corrected chi connectivity index (χ1v) is 6.79. The molecule has 0 aliphatic carbocycles. The van der Waals surface area contributed by atoms with Crippen molar-refractivity contribution in [2.24, 2.45) is 0 Å². The molecule has 0 unspecified atom stereocenters. The van der Waals surface area contributed by atoms with Gasteiger partial charge in [0.2, 0.25) is 0 Å². The fourth-order valence-electron chi connectivity index (χ4n) is 2.17. The molecule has 0 heterocycles. The van der Waals surface area contributed by atoms with E-state index in [1.807, 2.05) is 42.5 Å². The van der Waals surface area contributed by atoms with Crippen molar-refractivity contribution < 1.29 is 4.79 Å². The number of nitrogens with one attached hydrogen (secondary N) is 2. The minimum absolute atomic E-state index is 0.134. The molecule has 0 radical (unpaired) electrons. The molecule has 0 aliphatic heterocycles. The summed E-state index contributed by atoms with van der Waals surface area (Å²) in [5.41, 5.74) is 0.849. The molecule has 0 bridgehead atoms. The number of urea groups is 1. The summed E-state index contributed by atoms with van der Waals surface area (Å²) in [6.45, 7) is 4.15. The van der Waals surface area contributed by atoms with Crippen molar-refractivity contribution >= 4 is 22.5 Å². The van der Waals surface area contributed by atoms with E-state index in [2.05, 4.69) is 24.5 Å². The Bertz CT molecular complexity index is 556. The topological polar surface area (TPSA) is 41.1 Å². The maximum atomic E-state index is 12.0. The molecule has 0 aromatic heterocycles. The zero-order chi connectivity index (χ0) is 13.7. The first kappa shape index (κ1) is 13.4. The molecule has 2 rings (SSSR count). The number of hydrogen-bond acceptors (Lipinski definition) is 1. The molecule has 2 aromatic carbocycles. The predicted octanol–water partition coefficient (Wildman–Crippen LogP) is 4.15. The zero-order valence-corrected chi connectivity index (χ0v) is 11.4. The number of amides is 2. The molecule has 0 saturated carbocycles. The van der Waals surface area contributed by atoms with Gasteiger partial charge in [0.15, 0.2) is 0 Å². The van der Waals surface area contributed by atoms with Gasteiger partial charge in [0.25, 0.3) is 0 Å². The second kappa shape index (κ2) is 6.23. The molecule has 0 saturated heterocycles. The largest absolute Gasteiger partial charge is 0.335 e. The summed E-state index contributed by atoms with van der Waals surface area (Å²) < 4.78 is 0. The van der Waals surface area contributed by atoms with Gasteiger partial charge in [-0.25, -0.2) is 4.79 Å². The van der Waals surface area contributed by atoms with E-state index >= 15 is 0 Å². The Labute approximate surface area is 114 Å². The van der Waals surface area contributed by atoms with Crippen LogP contribution in [0.15, 0.2) is 42.5 Å². The van der Waals surface area contributed by atoms with Crippen LogP contribution >= 0.6 is 0 Å². The fraction of sp³-hybridized carbons (Fsp3) is 0.312. The molecule has 100 valence electrons.